The first-order chi connectivity index (χ1) is 17.9. The molecule has 1 aromatic heterocycles. The molecular formula is C29H27N5O3. The molecule has 0 saturated heterocycles. The largest absolute Gasteiger partial charge is 0.344 e. The van der Waals surface area contributed by atoms with Crippen molar-refractivity contribution in [2.24, 2.45) is 13.0 Å². The number of amides is 3. The van der Waals surface area contributed by atoms with Gasteiger partial charge in [-0.05, 0) is 36.2 Å². The molecule has 0 radical (unpaired) electrons. The maximum absolute atomic E-state index is 13.7. The summed E-state index contributed by atoms with van der Waals surface area (Å²) in [6.07, 6.45) is -0.676. The number of fused-ring (bicyclic) bond motifs is 6. The number of para-hydroxylation sites is 3. The Morgan fingerprint density at radius 2 is 1.59 bits per heavy atom. The fourth-order valence-corrected chi connectivity index (χ4v) is 5.48. The molecule has 0 saturated carbocycles. The highest BCUT2D eigenvalue weighted by molar-refractivity contribution is 6.17. The number of aromatic nitrogens is 2. The zero-order valence-electron chi connectivity index (χ0n) is 20.9. The van der Waals surface area contributed by atoms with Crippen LogP contribution in [-0.2, 0) is 11.8 Å². The van der Waals surface area contributed by atoms with E-state index in [2.05, 4.69) is 5.32 Å². The van der Waals surface area contributed by atoms with Crippen molar-refractivity contribution >= 4 is 34.4 Å². The van der Waals surface area contributed by atoms with Crippen molar-refractivity contribution < 1.29 is 14.4 Å². The van der Waals surface area contributed by atoms with Crippen LogP contribution in [0.3, 0.4) is 0 Å². The molecule has 2 atom stereocenters. The van der Waals surface area contributed by atoms with Gasteiger partial charge in [-0.25, -0.2) is 4.98 Å². The quantitative estimate of drug-likeness (QED) is 0.451. The van der Waals surface area contributed by atoms with E-state index in [1.54, 1.807) is 29.2 Å². The van der Waals surface area contributed by atoms with Gasteiger partial charge in [0.15, 0.2) is 0 Å². The van der Waals surface area contributed by atoms with E-state index < -0.39 is 6.17 Å². The first kappa shape index (κ1) is 23.0. The number of nitrogens with zero attached hydrogens (tertiary/aromatic N) is 4. The molecule has 6 rings (SSSR count). The van der Waals surface area contributed by atoms with Crippen LogP contribution < -0.4 is 10.2 Å². The molecule has 8 heteroatoms. The van der Waals surface area contributed by atoms with Crippen molar-refractivity contribution in [3.8, 4) is 0 Å². The second kappa shape index (κ2) is 8.58. The SMILES string of the molecule is CC(C)C(NC(=O)CN1C(=O)c2ccccc2N2C(=O)c3ccccc3C12)c1nc2ccccc2n1C. The highest BCUT2D eigenvalue weighted by atomic mass is 16.2. The molecule has 3 heterocycles. The number of hydrogen-bond donors (Lipinski definition) is 1. The summed E-state index contributed by atoms with van der Waals surface area (Å²) in [4.78, 5) is 48.5. The number of imidazole rings is 1. The molecule has 0 bridgehead atoms. The second-order valence-corrected chi connectivity index (χ2v) is 9.89. The monoisotopic (exact) mass is 493 g/mol. The van der Waals surface area contributed by atoms with Crippen LogP contribution in [0.2, 0.25) is 0 Å². The molecule has 3 aromatic carbocycles. The van der Waals surface area contributed by atoms with Gasteiger partial charge in [0.25, 0.3) is 11.8 Å². The Balaban J connectivity index is 1.34. The minimum absolute atomic E-state index is 0.0579. The topological polar surface area (TPSA) is 87.5 Å². The standard InChI is InChI=1S/C29H27N5O3/c1-17(2)25(26-30-21-13-7-9-15-23(21)32(26)3)31-24(35)16-33-27-18-10-4-5-11-19(18)29(37)34(27)22-14-8-6-12-20(22)28(33)36/h4-15,17,25,27H,16H2,1-3H3,(H,31,35). The van der Waals surface area contributed by atoms with Gasteiger partial charge in [0.1, 0.15) is 18.5 Å². The first-order valence-electron chi connectivity index (χ1n) is 12.4. The van der Waals surface area contributed by atoms with Crippen LogP contribution in [-0.4, -0.2) is 38.7 Å². The maximum atomic E-state index is 13.7. The Bertz CT molecular complexity index is 1570. The maximum Gasteiger partial charge on any atom is 0.260 e. The van der Waals surface area contributed by atoms with Crippen molar-refractivity contribution in [1.29, 1.82) is 0 Å². The fraction of sp³-hybridized carbons (Fsp3) is 0.241. The van der Waals surface area contributed by atoms with Gasteiger partial charge < -0.3 is 14.8 Å². The zero-order chi connectivity index (χ0) is 25.8. The highest BCUT2D eigenvalue weighted by Crippen LogP contribution is 2.45. The Kier molecular flexibility index (Phi) is 5.33. The molecule has 0 aliphatic carbocycles. The number of rotatable bonds is 5. The number of carbonyl (C=O) groups is 3. The third kappa shape index (κ3) is 3.51. The summed E-state index contributed by atoms with van der Waals surface area (Å²) in [7, 11) is 1.94. The third-order valence-corrected chi connectivity index (χ3v) is 7.28. The van der Waals surface area contributed by atoms with Crippen LogP contribution in [0, 0.1) is 5.92 Å². The lowest BCUT2D eigenvalue weighted by Gasteiger charge is -2.40. The van der Waals surface area contributed by atoms with Gasteiger partial charge in [-0.2, -0.15) is 0 Å². The number of anilines is 1. The summed E-state index contributed by atoms with van der Waals surface area (Å²) in [5.74, 6) is 0.0479. The van der Waals surface area contributed by atoms with Gasteiger partial charge in [-0.15, -0.1) is 0 Å². The van der Waals surface area contributed by atoms with Gasteiger partial charge in [-0.3, -0.25) is 19.3 Å². The van der Waals surface area contributed by atoms with E-state index in [9.17, 15) is 14.4 Å². The average molecular weight is 494 g/mol. The summed E-state index contributed by atoms with van der Waals surface area (Å²) in [5.41, 5.74) is 4.08. The first-order valence-corrected chi connectivity index (χ1v) is 12.4. The molecule has 2 aliphatic rings. The van der Waals surface area contributed by atoms with Crippen molar-refractivity contribution in [2.75, 3.05) is 11.4 Å². The number of aryl methyl sites for hydroxylation is 1. The van der Waals surface area contributed by atoms with Gasteiger partial charge in [0.2, 0.25) is 5.91 Å². The molecule has 4 aromatic rings. The van der Waals surface area contributed by atoms with Crippen molar-refractivity contribution in [3.63, 3.8) is 0 Å². The van der Waals surface area contributed by atoms with Crippen LogP contribution >= 0.6 is 0 Å². The van der Waals surface area contributed by atoms with Crippen LogP contribution in [0.25, 0.3) is 11.0 Å². The molecule has 186 valence electrons. The summed E-state index contributed by atoms with van der Waals surface area (Å²) >= 11 is 0. The van der Waals surface area contributed by atoms with E-state index in [0.717, 1.165) is 22.4 Å². The van der Waals surface area contributed by atoms with Crippen molar-refractivity contribution in [2.45, 2.75) is 26.1 Å². The summed E-state index contributed by atoms with van der Waals surface area (Å²) in [5, 5.41) is 3.12. The molecule has 0 fully saturated rings. The number of nitrogens with one attached hydrogen (secondary N) is 1. The predicted molar refractivity (Wildman–Crippen MR) is 140 cm³/mol. The van der Waals surface area contributed by atoms with E-state index in [0.29, 0.717) is 16.8 Å². The molecule has 8 nitrogen and oxygen atoms in total. The average Bonchev–Trinajstić information content (AvgIpc) is 3.39. The number of benzene rings is 3. The van der Waals surface area contributed by atoms with E-state index in [-0.39, 0.29) is 36.2 Å². The molecule has 1 N–H and O–H groups in total. The lowest BCUT2D eigenvalue weighted by Crippen LogP contribution is -2.52. The summed E-state index contributed by atoms with van der Waals surface area (Å²) in [6.45, 7) is 3.86. The Hall–Kier alpha value is -4.46. The van der Waals surface area contributed by atoms with Crippen LogP contribution in [0.15, 0.2) is 72.8 Å². The minimum Gasteiger partial charge on any atom is -0.344 e. The van der Waals surface area contributed by atoms with Crippen molar-refractivity contribution in [1.82, 2.24) is 19.8 Å². The molecule has 2 unspecified atom stereocenters. The third-order valence-electron chi connectivity index (χ3n) is 7.28. The smallest absolute Gasteiger partial charge is 0.260 e. The van der Waals surface area contributed by atoms with Gasteiger partial charge in [0.05, 0.1) is 28.3 Å². The van der Waals surface area contributed by atoms with E-state index in [1.165, 1.54) is 4.90 Å². The summed E-state index contributed by atoms with van der Waals surface area (Å²) < 4.78 is 2.00. The van der Waals surface area contributed by atoms with Crippen LogP contribution in [0.5, 0.6) is 0 Å². The van der Waals surface area contributed by atoms with Gasteiger partial charge >= 0.3 is 0 Å². The van der Waals surface area contributed by atoms with Crippen LogP contribution in [0.4, 0.5) is 5.69 Å². The van der Waals surface area contributed by atoms with Gasteiger partial charge in [-0.1, -0.05) is 56.3 Å². The summed E-state index contributed by atoms with van der Waals surface area (Å²) in [6, 6.07) is 21.8. The molecule has 0 spiro atoms. The molecule has 37 heavy (non-hydrogen) atoms. The predicted octanol–water partition coefficient (Wildman–Crippen LogP) is 4.20. The zero-order valence-corrected chi connectivity index (χ0v) is 20.9. The lowest BCUT2D eigenvalue weighted by molar-refractivity contribution is -0.123. The highest BCUT2D eigenvalue weighted by Gasteiger charge is 2.48. The minimum atomic E-state index is -0.676. The van der Waals surface area contributed by atoms with E-state index >= 15 is 0 Å². The Labute approximate surface area is 214 Å². The molecule has 2 aliphatic heterocycles. The lowest BCUT2D eigenvalue weighted by atomic mass is 10.0. The molecular weight excluding hydrogens is 466 g/mol. The second-order valence-electron chi connectivity index (χ2n) is 9.89. The molecule has 3 amide bonds. The number of hydrogen-bond acceptors (Lipinski definition) is 4. The van der Waals surface area contributed by atoms with Crippen LogP contribution in [0.1, 0.15) is 58.2 Å². The Morgan fingerprint density at radius 1 is 0.919 bits per heavy atom. The van der Waals surface area contributed by atoms with Crippen molar-refractivity contribution in [3.05, 3.63) is 95.3 Å². The van der Waals surface area contributed by atoms with E-state index in [1.807, 2.05) is 74.0 Å². The van der Waals surface area contributed by atoms with Gasteiger partial charge in [0, 0.05) is 18.2 Å². The number of carbonyl (C=O) groups excluding carboxylic acids is 3. The fourth-order valence-electron chi connectivity index (χ4n) is 5.48. The normalized spacial score (nSPS) is 17.1. The Morgan fingerprint density at radius 3 is 2.35 bits per heavy atom. The van der Waals surface area contributed by atoms with E-state index in [4.69, 9.17) is 4.98 Å².